The summed E-state index contributed by atoms with van der Waals surface area (Å²) in [5.74, 6) is 2.28. The lowest BCUT2D eigenvalue weighted by molar-refractivity contribution is 0.0939. The van der Waals surface area contributed by atoms with Gasteiger partial charge >= 0.3 is 0 Å². The summed E-state index contributed by atoms with van der Waals surface area (Å²) in [4.78, 5) is 14.1. The molecule has 0 saturated heterocycles. The second kappa shape index (κ2) is 6.78. The van der Waals surface area contributed by atoms with Crippen molar-refractivity contribution in [2.45, 2.75) is 13.5 Å². The average molecular weight is 308 g/mol. The zero-order valence-electron chi connectivity index (χ0n) is 12.4. The normalized spacial score (nSPS) is 10.9. The first kappa shape index (κ1) is 15.6. The maximum absolute atomic E-state index is 12.2. The Labute approximate surface area is 129 Å². The van der Waals surface area contributed by atoms with Crippen molar-refractivity contribution in [3.63, 3.8) is 0 Å². The molecule has 0 unspecified atom stereocenters. The molecule has 0 aliphatic heterocycles. The number of Topliss-reactive ketones (excluding diaryl/α,β-unsaturated/α-hetero) is 1. The minimum Gasteiger partial charge on any atom is -0.495 e. The second-order valence-electron chi connectivity index (χ2n) is 4.96. The van der Waals surface area contributed by atoms with Crippen LogP contribution in [0.4, 0.5) is 0 Å². The number of carbonyl (C=O) groups excluding carboxylic acids is 1. The Balaban J connectivity index is 1.98. The number of carbonyl (C=O) groups is 1. The number of benzene rings is 1. The van der Waals surface area contributed by atoms with Crippen LogP contribution in [0.1, 0.15) is 21.9 Å². The van der Waals surface area contributed by atoms with Gasteiger partial charge in [0.2, 0.25) is 0 Å². The second-order valence-corrected chi connectivity index (χ2v) is 5.36. The average Bonchev–Trinajstić information content (AvgIpc) is 2.83. The van der Waals surface area contributed by atoms with Crippen LogP contribution in [0.15, 0.2) is 34.7 Å². The Morgan fingerprint density at radius 1 is 1.33 bits per heavy atom. The lowest BCUT2D eigenvalue weighted by atomic mass is 10.1. The first-order chi connectivity index (χ1) is 9.99. The van der Waals surface area contributed by atoms with Crippen molar-refractivity contribution < 1.29 is 13.9 Å². The van der Waals surface area contributed by atoms with Crippen LogP contribution in [-0.2, 0) is 6.54 Å². The number of hydrogen-bond acceptors (Lipinski definition) is 4. The number of nitrogens with zero attached hydrogens (tertiary/aromatic N) is 1. The standard InChI is InChI=1S/C16H18ClNO3/c1-11-4-6-13(21-11)9-18(2)10-15(19)12-5-7-16(20-3)14(17)8-12/h4-8H,9-10H2,1-3H3. The van der Waals surface area contributed by atoms with E-state index in [0.29, 0.717) is 29.4 Å². The summed E-state index contributed by atoms with van der Waals surface area (Å²) in [6.45, 7) is 2.78. The summed E-state index contributed by atoms with van der Waals surface area (Å²) in [7, 11) is 3.42. The highest BCUT2D eigenvalue weighted by Crippen LogP contribution is 2.25. The molecule has 0 bridgehead atoms. The summed E-state index contributed by atoms with van der Waals surface area (Å²) >= 11 is 6.04. The zero-order chi connectivity index (χ0) is 15.4. The number of rotatable bonds is 6. The van der Waals surface area contributed by atoms with Crippen LogP contribution in [0.2, 0.25) is 5.02 Å². The predicted octanol–water partition coefficient (Wildman–Crippen LogP) is 3.56. The third kappa shape index (κ3) is 4.09. The number of methoxy groups -OCH3 is 1. The molecule has 112 valence electrons. The van der Waals surface area contributed by atoms with Crippen LogP contribution in [0.5, 0.6) is 5.75 Å². The molecule has 1 aromatic carbocycles. The Morgan fingerprint density at radius 2 is 2.10 bits per heavy atom. The van der Waals surface area contributed by atoms with Gasteiger partial charge in [0, 0.05) is 5.56 Å². The van der Waals surface area contributed by atoms with Crippen LogP contribution in [0.3, 0.4) is 0 Å². The van der Waals surface area contributed by atoms with Crippen molar-refractivity contribution in [2.24, 2.45) is 0 Å². The van der Waals surface area contributed by atoms with Gasteiger partial charge in [-0.1, -0.05) is 11.6 Å². The number of hydrogen-bond donors (Lipinski definition) is 0. The Kier molecular flexibility index (Phi) is 5.04. The van der Waals surface area contributed by atoms with E-state index in [9.17, 15) is 4.79 Å². The number of aryl methyl sites for hydroxylation is 1. The fraction of sp³-hybridized carbons (Fsp3) is 0.312. The van der Waals surface area contributed by atoms with Gasteiger partial charge in [0.15, 0.2) is 5.78 Å². The summed E-state index contributed by atoms with van der Waals surface area (Å²) in [6.07, 6.45) is 0. The molecular weight excluding hydrogens is 290 g/mol. The number of furan rings is 1. The van der Waals surface area contributed by atoms with E-state index in [1.54, 1.807) is 25.3 Å². The Hall–Kier alpha value is -1.78. The number of ketones is 1. The smallest absolute Gasteiger partial charge is 0.176 e. The minimum atomic E-state index is 0.00494. The SMILES string of the molecule is COc1ccc(C(=O)CN(C)Cc2ccc(C)o2)cc1Cl. The van der Waals surface area contributed by atoms with Gasteiger partial charge < -0.3 is 9.15 Å². The van der Waals surface area contributed by atoms with Crippen molar-refractivity contribution in [3.8, 4) is 5.75 Å². The molecule has 0 radical (unpaired) electrons. The van der Waals surface area contributed by atoms with Crippen molar-refractivity contribution in [1.29, 1.82) is 0 Å². The molecule has 2 rings (SSSR count). The lowest BCUT2D eigenvalue weighted by Gasteiger charge is -2.14. The van der Waals surface area contributed by atoms with E-state index in [-0.39, 0.29) is 5.78 Å². The van der Waals surface area contributed by atoms with Gasteiger partial charge in [0.1, 0.15) is 17.3 Å². The molecule has 0 saturated carbocycles. The fourth-order valence-electron chi connectivity index (χ4n) is 2.07. The molecule has 0 amide bonds. The van der Waals surface area contributed by atoms with Gasteiger partial charge in [0.05, 0.1) is 25.2 Å². The van der Waals surface area contributed by atoms with Gasteiger partial charge in [-0.15, -0.1) is 0 Å². The predicted molar refractivity (Wildman–Crippen MR) is 82.1 cm³/mol. The molecule has 2 aromatic rings. The van der Waals surface area contributed by atoms with Gasteiger partial charge in [0.25, 0.3) is 0 Å². The van der Waals surface area contributed by atoms with Crippen molar-refractivity contribution in [1.82, 2.24) is 4.90 Å². The molecule has 0 atom stereocenters. The number of halogens is 1. The molecule has 0 aliphatic carbocycles. The van der Waals surface area contributed by atoms with E-state index >= 15 is 0 Å². The van der Waals surface area contributed by atoms with Gasteiger partial charge in [-0.25, -0.2) is 0 Å². The molecule has 4 nitrogen and oxygen atoms in total. The van der Waals surface area contributed by atoms with Crippen molar-refractivity contribution in [2.75, 3.05) is 20.7 Å². The molecule has 21 heavy (non-hydrogen) atoms. The first-order valence-corrected chi connectivity index (χ1v) is 6.98. The fourth-order valence-corrected chi connectivity index (χ4v) is 2.33. The van der Waals surface area contributed by atoms with E-state index in [1.165, 1.54) is 0 Å². The summed E-state index contributed by atoms with van der Waals surface area (Å²) in [5, 5.41) is 0.438. The van der Waals surface area contributed by atoms with Crippen LogP contribution in [0.25, 0.3) is 0 Å². The quantitative estimate of drug-likeness (QED) is 0.765. The highest BCUT2D eigenvalue weighted by atomic mass is 35.5. The van der Waals surface area contributed by atoms with Crippen LogP contribution in [0, 0.1) is 6.92 Å². The maximum Gasteiger partial charge on any atom is 0.176 e. The summed E-state index contributed by atoms with van der Waals surface area (Å²) in [6, 6.07) is 8.88. The molecule has 0 fully saturated rings. The summed E-state index contributed by atoms with van der Waals surface area (Å²) < 4.78 is 10.6. The van der Waals surface area contributed by atoms with E-state index in [0.717, 1.165) is 11.5 Å². The number of ether oxygens (including phenoxy) is 1. The van der Waals surface area contributed by atoms with Crippen molar-refractivity contribution in [3.05, 3.63) is 52.4 Å². The summed E-state index contributed by atoms with van der Waals surface area (Å²) in [5.41, 5.74) is 0.572. The Bertz CT molecular complexity index is 636. The zero-order valence-corrected chi connectivity index (χ0v) is 13.1. The monoisotopic (exact) mass is 307 g/mol. The van der Waals surface area contributed by atoms with E-state index in [1.807, 2.05) is 31.0 Å². The molecule has 1 aromatic heterocycles. The molecule has 0 aliphatic rings. The lowest BCUT2D eigenvalue weighted by Crippen LogP contribution is -2.25. The van der Waals surface area contributed by atoms with Gasteiger partial charge in [-0.2, -0.15) is 0 Å². The highest BCUT2D eigenvalue weighted by molar-refractivity contribution is 6.32. The molecular formula is C16H18ClNO3. The Morgan fingerprint density at radius 3 is 2.67 bits per heavy atom. The van der Waals surface area contributed by atoms with Crippen LogP contribution < -0.4 is 4.74 Å². The van der Waals surface area contributed by atoms with Crippen molar-refractivity contribution >= 4 is 17.4 Å². The van der Waals surface area contributed by atoms with E-state index < -0.39 is 0 Å². The largest absolute Gasteiger partial charge is 0.495 e. The molecule has 0 spiro atoms. The van der Waals surface area contributed by atoms with Gasteiger partial charge in [-0.05, 0) is 44.3 Å². The highest BCUT2D eigenvalue weighted by Gasteiger charge is 2.13. The van der Waals surface area contributed by atoms with Gasteiger partial charge in [-0.3, -0.25) is 9.69 Å². The van der Waals surface area contributed by atoms with E-state index in [4.69, 9.17) is 20.8 Å². The first-order valence-electron chi connectivity index (χ1n) is 6.60. The topological polar surface area (TPSA) is 42.7 Å². The number of likely N-dealkylation sites (N-methyl/N-ethyl adjacent to an activating group) is 1. The maximum atomic E-state index is 12.2. The third-order valence-corrected chi connectivity index (χ3v) is 3.40. The molecule has 5 heteroatoms. The van der Waals surface area contributed by atoms with E-state index in [2.05, 4.69) is 0 Å². The minimum absolute atomic E-state index is 0.00494. The van der Waals surface area contributed by atoms with Crippen LogP contribution in [-0.4, -0.2) is 31.4 Å². The van der Waals surface area contributed by atoms with Crippen LogP contribution >= 0.6 is 11.6 Å². The molecule has 0 N–H and O–H groups in total. The molecule has 1 heterocycles. The third-order valence-electron chi connectivity index (χ3n) is 3.11.